The van der Waals surface area contributed by atoms with Crippen LogP contribution in [0, 0.1) is 0 Å². The van der Waals surface area contributed by atoms with E-state index in [0.29, 0.717) is 12.0 Å². The van der Waals surface area contributed by atoms with Gasteiger partial charge in [-0.25, -0.2) is 4.79 Å². The first-order valence-electron chi connectivity index (χ1n) is 6.69. The Morgan fingerprint density at radius 2 is 1.81 bits per heavy atom. The maximum atomic E-state index is 12.1. The van der Waals surface area contributed by atoms with Crippen LogP contribution in [0.4, 0.5) is 0 Å². The second kappa shape index (κ2) is 5.16. The Morgan fingerprint density at radius 3 is 2.52 bits per heavy atom. The number of aryl methyl sites for hydroxylation is 1. The first-order valence-corrected chi connectivity index (χ1v) is 8.06. The molecule has 3 rings (SSSR count). The standard InChI is InChI=1S/C14H14O6S/c15-14-12-5-3-1-2-4-10(12)11-7-6-9(8-13(11)19-14)20-21(16,17)18/h6-8H,1-5H2,(H,16,17,18). The quantitative estimate of drug-likeness (QED) is 0.519. The molecule has 6 nitrogen and oxygen atoms in total. The third kappa shape index (κ3) is 2.93. The fourth-order valence-electron chi connectivity index (χ4n) is 2.78. The predicted octanol–water partition coefficient (Wildman–Crippen LogP) is 2.24. The molecule has 112 valence electrons. The molecule has 21 heavy (non-hydrogen) atoms. The van der Waals surface area contributed by atoms with Gasteiger partial charge in [0.15, 0.2) is 0 Å². The van der Waals surface area contributed by atoms with Crippen molar-refractivity contribution in [3.05, 3.63) is 39.7 Å². The average Bonchev–Trinajstić information content (AvgIpc) is 2.62. The van der Waals surface area contributed by atoms with Gasteiger partial charge in [0.05, 0.1) is 0 Å². The molecule has 0 radical (unpaired) electrons. The van der Waals surface area contributed by atoms with Crippen LogP contribution in [0.25, 0.3) is 11.0 Å². The lowest BCUT2D eigenvalue weighted by Crippen LogP contribution is -2.11. The summed E-state index contributed by atoms with van der Waals surface area (Å²) in [5, 5.41) is 0.786. The molecule has 7 heteroatoms. The van der Waals surface area contributed by atoms with Gasteiger partial charge in [0.1, 0.15) is 11.3 Å². The highest BCUT2D eigenvalue weighted by molar-refractivity contribution is 7.81. The lowest BCUT2D eigenvalue weighted by atomic mass is 10.0. The second-order valence-electron chi connectivity index (χ2n) is 5.08. The van der Waals surface area contributed by atoms with E-state index in [9.17, 15) is 13.2 Å². The van der Waals surface area contributed by atoms with Crippen LogP contribution in [-0.4, -0.2) is 13.0 Å². The van der Waals surface area contributed by atoms with Crippen molar-refractivity contribution in [2.24, 2.45) is 0 Å². The van der Waals surface area contributed by atoms with Crippen molar-refractivity contribution in [2.45, 2.75) is 32.1 Å². The minimum absolute atomic E-state index is 0.0956. The fraction of sp³-hybridized carbons (Fsp3) is 0.357. The molecule has 0 saturated carbocycles. The highest BCUT2D eigenvalue weighted by Gasteiger charge is 2.18. The van der Waals surface area contributed by atoms with Gasteiger partial charge in [-0.1, -0.05) is 6.42 Å². The molecule has 0 aliphatic heterocycles. The van der Waals surface area contributed by atoms with Crippen LogP contribution >= 0.6 is 0 Å². The monoisotopic (exact) mass is 310 g/mol. The van der Waals surface area contributed by atoms with E-state index < -0.39 is 10.4 Å². The summed E-state index contributed by atoms with van der Waals surface area (Å²) >= 11 is 0. The van der Waals surface area contributed by atoms with Crippen molar-refractivity contribution in [1.29, 1.82) is 0 Å². The number of fused-ring (bicyclic) bond motifs is 3. The van der Waals surface area contributed by atoms with E-state index in [4.69, 9.17) is 8.97 Å². The molecule has 0 fully saturated rings. The molecule has 1 N–H and O–H groups in total. The predicted molar refractivity (Wildman–Crippen MR) is 75.9 cm³/mol. The zero-order chi connectivity index (χ0) is 15.0. The molecule has 0 saturated heterocycles. The Balaban J connectivity index is 2.18. The van der Waals surface area contributed by atoms with E-state index in [0.717, 1.165) is 36.6 Å². The molecule has 2 aromatic rings. The first kappa shape index (κ1) is 14.1. The Labute approximate surface area is 121 Å². The molecule has 0 bridgehead atoms. The van der Waals surface area contributed by atoms with Crippen molar-refractivity contribution in [2.75, 3.05) is 0 Å². The summed E-state index contributed by atoms with van der Waals surface area (Å²) in [7, 11) is -4.60. The molecule has 0 unspecified atom stereocenters. The summed E-state index contributed by atoms with van der Waals surface area (Å²) in [6, 6.07) is 4.39. The SMILES string of the molecule is O=c1oc2cc(OS(=O)(=O)O)ccc2c2c1CCCCC2. The van der Waals surface area contributed by atoms with Gasteiger partial charge in [0.2, 0.25) is 0 Å². The molecule has 0 amide bonds. The number of benzene rings is 1. The van der Waals surface area contributed by atoms with Crippen LogP contribution in [0.15, 0.2) is 27.4 Å². The van der Waals surface area contributed by atoms with E-state index in [1.165, 1.54) is 12.1 Å². The first-order chi connectivity index (χ1) is 9.94. The topological polar surface area (TPSA) is 93.8 Å². The van der Waals surface area contributed by atoms with Crippen molar-refractivity contribution >= 4 is 21.4 Å². The Morgan fingerprint density at radius 1 is 1.10 bits per heavy atom. The molecule has 1 aromatic heterocycles. The average molecular weight is 310 g/mol. The van der Waals surface area contributed by atoms with Gasteiger partial charge in [-0.2, -0.15) is 8.42 Å². The Hall–Kier alpha value is -1.86. The highest BCUT2D eigenvalue weighted by Crippen LogP contribution is 2.28. The smallest absolute Gasteiger partial charge is 0.422 e. The summed E-state index contributed by atoms with van der Waals surface area (Å²) in [6.45, 7) is 0. The maximum Gasteiger partial charge on any atom is 0.446 e. The third-order valence-electron chi connectivity index (χ3n) is 3.65. The van der Waals surface area contributed by atoms with E-state index in [-0.39, 0.29) is 17.0 Å². The third-order valence-corrected chi connectivity index (χ3v) is 4.05. The highest BCUT2D eigenvalue weighted by atomic mass is 32.3. The molecular weight excluding hydrogens is 296 g/mol. The van der Waals surface area contributed by atoms with Gasteiger partial charge < -0.3 is 8.60 Å². The molecular formula is C14H14O6S. The zero-order valence-corrected chi connectivity index (χ0v) is 12.0. The minimum Gasteiger partial charge on any atom is -0.422 e. The summed E-state index contributed by atoms with van der Waals surface area (Å²) in [5.74, 6) is -0.0956. The van der Waals surface area contributed by atoms with Gasteiger partial charge in [-0.15, -0.1) is 0 Å². The summed E-state index contributed by atoms with van der Waals surface area (Å²) in [5.41, 5.74) is 1.56. The lowest BCUT2D eigenvalue weighted by Gasteiger charge is -2.09. The van der Waals surface area contributed by atoms with Crippen LogP contribution in [0.2, 0.25) is 0 Å². The van der Waals surface area contributed by atoms with Crippen LogP contribution in [0.5, 0.6) is 5.75 Å². The van der Waals surface area contributed by atoms with Gasteiger partial charge >= 0.3 is 16.0 Å². The minimum atomic E-state index is -4.60. The number of rotatable bonds is 2. The fourth-order valence-corrected chi connectivity index (χ4v) is 3.12. The number of hydrogen-bond donors (Lipinski definition) is 1. The van der Waals surface area contributed by atoms with E-state index >= 15 is 0 Å². The van der Waals surface area contributed by atoms with Crippen LogP contribution in [0.3, 0.4) is 0 Å². The van der Waals surface area contributed by atoms with Gasteiger partial charge in [0, 0.05) is 17.0 Å². The molecule has 1 aromatic carbocycles. The second-order valence-corrected chi connectivity index (χ2v) is 6.10. The van der Waals surface area contributed by atoms with E-state index in [1.807, 2.05) is 0 Å². The van der Waals surface area contributed by atoms with Crippen molar-refractivity contribution < 1.29 is 21.6 Å². The van der Waals surface area contributed by atoms with E-state index in [2.05, 4.69) is 4.18 Å². The van der Waals surface area contributed by atoms with Crippen LogP contribution < -0.4 is 9.81 Å². The van der Waals surface area contributed by atoms with Gasteiger partial charge in [0.25, 0.3) is 0 Å². The molecule has 1 heterocycles. The maximum absolute atomic E-state index is 12.1. The van der Waals surface area contributed by atoms with Gasteiger partial charge in [-0.3, -0.25) is 4.55 Å². The molecule has 1 aliphatic rings. The zero-order valence-electron chi connectivity index (χ0n) is 11.2. The largest absolute Gasteiger partial charge is 0.446 e. The molecule has 0 spiro atoms. The summed E-state index contributed by atoms with van der Waals surface area (Å²) in [6.07, 6.45) is 4.55. The lowest BCUT2D eigenvalue weighted by molar-refractivity contribution is 0.386. The van der Waals surface area contributed by atoms with Crippen molar-refractivity contribution in [1.82, 2.24) is 0 Å². The normalized spacial score (nSPS) is 15.5. The number of hydrogen-bond acceptors (Lipinski definition) is 5. The van der Waals surface area contributed by atoms with Crippen molar-refractivity contribution in [3.8, 4) is 5.75 Å². The van der Waals surface area contributed by atoms with E-state index in [1.54, 1.807) is 6.07 Å². The van der Waals surface area contributed by atoms with Crippen LogP contribution in [-0.2, 0) is 23.2 Å². The Kier molecular flexibility index (Phi) is 3.46. The Bertz CT molecular complexity index is 850. The van der Waals surface area contributed by atoms with Gasteiger partial charge in [-0.05, 0) is 43.4 Å². The van der Waals surface area contributed by atoms with Crippen molar-refractivity contribution in [3.63, 3.8) is 0 Å². The summed E-state index contributed by atoms with van der Waals surface area (Å²) in [4.78, 5) is 12.1. The summed E-state index contributed by atoms with van der Waals surface area (Å²) < 4.78 is 39.8. The molecule has 0 atom stereocenters. The van der Waals surface area contributed by atoms with Crippen LogP contribution in [0.1, 0.15) is 30.4 Å². The molecule has 1 aliphatic carbocycles.